The molecule has 1 aromatic heterocycles. The molecule has 0 bridgehead atoms. The van der Waals surface area contributed by atoms with Gasteiger partial charge in [0.1, 0.15) is 11.9 Å². The normalized spacial score (nSPS) is 24.6. The van der Waals surface area contributed by atoms with Gasteiger partial charge in [-0.3, -0.25) is 14.4 Å². The Bertz CT molecular complexity index is 1100. The Kier molecular flexibility index (Phi) is 8.14. The number of halogens is 3. The van der Waals surface area contributed by atoms with Crippen LogP contribution in [0.15, 0.2) is 36.7 Å². The summed E-state index contributed by atoms with van der Waals surface area (Å²) in [4.78, 5) is 16.6. The molecule has 3 fully saturated rings. The molecule has 38 heavy (non-hydrogen) atoms. The number of carboxylic acid groups (broad SMARTS) is 1. The van der Waals surface area contributed by atoms with Gasteiger partial charge in [0.05, 0.1) is 11.8 Å². The zero-order valence-electron chi connectivity index (χ0n) is 22.1. The summed E-state index contributed by atoms with van der Waals surface area (Å²) >= 11 is 0. The average Bonchev–Trinajstić information content (AvgIpc) is 3.44. The van der Waals surface area contributed by atoms with Crippen LogP contribution in [-0.2, 0) is 17.8 Å². The van der Waals surface area contributed by atoms with Crippen LogP contribution < -0.4 is 0 Å². The van der Waals surface area contributed by atoms with Crippen molar-refractivity contribution in [3.63, 3.8) is 0 Å². The Morgan fingerprint density at radius 1 is 1.16 bits per heavy atom. The molecule has 1 aromatic carbocycles. The number of alkyl halides is 2. The van der Waals surface area contributed by atoms with Crippen LogP contribution in [0.25, 0.3) is 0 Å². The number of nitrogens with zero attached hydrogens (tertiary/aromatic N) is 4. The van der Waals surface area contributed by atoms with Crippen molar-refractivity contribution in [1.29, 1.82) is 0 Å². The van der Waals surface area contributed by atoms with E-state index in [2.05, 4.69) is 14.9 Å². The predicted molar refractivity (Wildman–Crippen MR) is 138 cm³/mol. The smallest absolute Gasteiger partial charge is 0.320 e. The number of benzene rings is 1. The molecule has 1 N–H and O–H groups in total. The van der Waals surface area contributed by atoms with Crippen LogP contribution >= 0.6 is 0 Å². The fourth-order valence-electron chi connectivity index (χ4n) is 6.46. The molecule has 208 valence electrons. The van der Waals surface area contributed by atoms with Gasteiger partial charge in [0.2, 0.25) is 0 Å². The first-order valence-electron chi connectivity index (χ1n) is 14.0. The van der Waals surface area contributed by atoms with E-state index in [1.807, 2.05) is 6.07 Å². The number of aromatic nitrogens is 2. The van der Waals surface area contributed by atoms with Crippen molar-refractivity contribution in [1.82, 2.24) is 19.6 Å². The summed E-state index contributed by atoms with van der Waals surface area (Å²) in [6.07, 6.45) is 7.62. The van der Waals surface area contributed by atoms with E-state index >= 15 is 0 Å². The molecule has 0 spiro atoms. The lowest BCUT2D eigenvalue weighted by Gasteiger charge is -2.35. The van der Waals surface area contributed by atoms with E-state index in [0.717, 1.165) is 50.9 Å². The minimum atomic E-state index is -2.86. The maximum Gasteiger partial charge on any atom is 0.320 e. The Labute approximate surface area is 222 Å². The quantitative estimate of drug-likeness (QED) is 0.436. The van der Waals surface area contributed by atoms with Crippen LogP contribution in [0.4, 0.5) is 13.2 Å². The summed E-state index contributed by atoms with van der Waals surface area (Å²) in [6, 6.07) is 6.23. The summed E-state index contributed by atoms with van der Waals surface area (Å²) in [5.41, 5.74) is 0.911. The highest BCUT2D eigenvalue weighted by Gasteiger charge is 2.42. The number of piperidine rings is 1. The number of carbonyl (C=O) groups is 1. The van der Waals surface area contributed by atoms with Crippen molar-refractivity contribution >= 4 is 5.97 Å². The summed E-state index contributed by atoms with van der Waals surface area (Å²) < 4.78 is 44.7. The lowest BCUT2D eigenvalue weighted by Crippen LogP contribution is -2.42. The molecule has 2 aromatic rings. The van der Waals surface area contributed by atoms with Gasteiger partial charge in [-0.15, -0.1) is 0 Å². The third-order valence-electron chi connectivity index (χ3n) is 8.92. The lowest BCUT2D eigenvalue weighted by molar-refractivity contribution is -0.143. The van der Waals surface area contributed by atoms with Gasteiger partial charge in [-0.1, -0.05) is 25.0 Å². The number of hydrogen-bond acceptors (Lipinski definition) is 4. The van der Waals surface area contributed by atoms with Crippen molar-refractivity contribution < 1.29 is 23.1 Å². The van der Waals surface area contributed by atoms with Crippen molar-refractivity contribution in [3.05, 3.63) is 53.6 Å². The van der Waals surface area contributed by atoms with Crippen LogP contribution in [-0.4, -0.2) is 69.4 Å². The third-order valence-corrected chi connectivity index (χ3v) is 8.92. The Morgan fingerprint density at radius 3 is 2.55 bits per heavy atom. The SMILES string of the molecule is Cn1cc(C(F)(F)CCC2CCN(C[C@H]3CN([C@H](CC4CC4)C(=O)O)C[C@@H]3c3cccc(F)c3)CC2)cn1. The second-order valence-electron chi connectivity index (χ2n) is 11.8. The molecule has 0 amide bonds. The van der Waals surface area contributed by atoms with Crippen LogP contribution in [0.2, 0.25) is 0 Å². The molecule has 0 unspecified atom stereocenters. The molecule has 2 saturated heterocycles. The van der Waals surface area contributed by atoms with Crippen LogP contribution in [0.1, 0.15) is 62.0 Å². The summed E-state index contributed by atoms with van der Waals surface area (Å²) in [5, 5.41) is 13.8. The van der Waals surface area contributed by atoms with E-state index < -0.39 is 17.9 Å². The van der Waals surface area contributed by atoms with Gasteiger partial charge in [-0.2, -0.15) is 5.10 Å². The highest BCUT2D eigenvalue weighted by atomic mass is 19.3. The van der Waals surface area contributed by atoms with E-state index in [9.17, 15) is 23.1 Å². The number of aliphatic carboxylic acids is 1. The van der Waals surface area contributed by atoms with Crippen molar-refractivity contribution in [2.75, 3.05) is 32.7 Å². The monoisotopic (exact) mass is 532 g/mol. The van der Waals surface area contributed by atoms with Crippen LogP contribution in [0, 0.1) is 23.6 Å². The second kappa shape index (κ2) is 11.4. The van der Waals surface area contributed by atoms with Crippen molar-refractivity contribution in [2.24, 2.45) is 24.8 Å². The van der Waals surface area contributed by atoms with E-state index in [-0.39, 0.29) is 35.6 Å². The van der Waals surface area contributed by atoms with Crippen LogP contribution in [0.3, 0.4) is 0 Å². The Morgan fingerprint density at radius 2 is 1.92 bits per heavy atom. The average molecular weight is 533 g/mol. The molecule has 3 heterocycles. The second-order valence-corrected chi connectivity index (χ2v) is 11.8. The highest BCUT2D eigenvalue weighted by molar-refractivity contribution is 5.73. The van der Waals surface area contributed by atoms with E-state index in [4.69, 9.17) is 0 Å². The van der Waals surface area contributed by atoms with Gasteiger partial charge in [0.25, 0.3) is 5.92 Å². The van der Waals surface area contributed by atoms with Gasteiger partial charge >= 0.3 is 5.97 Å². The molecular weight excluding hydrogens is 493 g/mol. The summed E-state index contributed by atoms with van der Waals surface area (Å²) in [6.45, 7) is 3.81. The van der Waals surface area contributed by atoms with Gasteiger partial charge in [0.15, 0.2) is 0 Å². The molecule has 3 aliphatic rings. The predicted octanol–water partition coefficient (Wildman–Crippen LogP) is 5.11. The standard InChI is InChI=1S/C29H39F3N4O2/c1-34-18-24(15-33-34)29(31,32)10-7-20-8-11-35(12-9-20)16-23-17-36(27(28(37)38)13-21-5-6-21)19-26(23)22-3-2-4-25(30)14-22/h2-4,14-15,18,20-21,23,26-27H,5-13,16-17,19H2,1H3,(H,37,38)/t23-,26+,27+/m0/s1. The molecule has 1 saturated carbocycles. The number of aryl methyl sites for hydroxylation is 1. The number of carboxylic acids is 1. The Balaban J connectivity index is 1.18. The first-order chi connectivity index (χ1) is 18.2. The minimum Gasteiger partial charge on any atom is -0.480 e. The third kappa shape index (κ3) is 6.60. The lowest BCUT2D eigenvalue weighted by atomic mass is 9.86. The number of rotatable bonds is 11. The molecule has 6 nitrogen and oxygen atoms in total. The fourth-order valence-corrected chi connectivity index (χ4v) is 6.46. The first-order valence-corrected chi connectivity index (χ1v) is 14.0. The number of likely N-dealkylation sites (tertiary alicyclic amines) is 2. The summed E-state index contributed by atoms with van der Waals surface area (Å²) in [5.74, 6) is -2.85. The maximum atomic E-state index is 14.6. The molecular formula is C29H39F3N4O2. The zero-order valence-corrected chi connectivity index (χ0v) is 22.1. The first kappa shape index (κ1) is 27.2. The summed E-state index contributed by atoms with van der Waals surface area (Å²) in [7, 11) is 1.65. The van der Waals surface area contributed by atoms with Crippen molar-refractivity contribution in [2.45, 2.75) is 62.8 Å². The Hall–Kier alpha value is -2.39. The van der Waals surface area contributed by atoms with Gasteiger partial charge in [-0.25, -0.2) is 13.2 Å². The molecule has 9 heteroatoms. The van der Waals surface area contributed by atoms with E-state index in [1.54, 1.807) is 19.2 Å². The highest BCUT2D eigenvalue weighted by Crippen LogP contribution is 2.40. The van der Waals surface area contributed by atoms with Gasteiger partial charge in [0, 0.05) is 45.2 Å². The topological polar surface area (TPSA) is 61.6 Å². The number of hydrogen-bond donors (Lipinski definition) is 1. The maximum absolute atomic E-state index is 14.6. The van der Waals surface area contributed by atoms with Crippen LogP contribution in [0.5, 0.6) is 0 Å². The van der Waals surface area contributed by atoms with Gasteiger partial charge in [-0.05, 0) is 74.2 Å². The van der Waals surface area contributed by atoms with Crippen molar-refractivity contribution in [3.8, 4) is 0 Å². The largest absolute Gasteiger partial charge is 0.480 e. The fraction of sp³-hybridized carbons (Fsp3) is 0.655. The van der Waals surface area contributed by atoms with Gasteiger partial charge < -0.3 is 10.0 Å². The minimum absolute atomic E-state index is 0.0204. The molecule has 1 aliphatic carbocycles. The van der Waals surface area contributed by atoms with E-state index in [1.165, 1.54) is 23.1 Å². The molecule has 2 aliphatic heterocycles. The molecule has 3 atom stereocenters. The zero-order chi connectivity index (χ0) is 26.9. The molecule has 5 rings (SSSR count). The molecule has 0 radical (unpaired) electrons. The van der Waals surface area contributed by atoms with E-state index in [0.29, 0.717) is 31.8 Å².